The third kappa shape index (κ3) is 2.22. The number of anilines is 1. The van der Waals surface area contributed by atoms with Crippen LogP contribution in [0.3, 0.4) is 0 Å². The molecule has 1 aliphatic heterocycles. The van der Waals surface area contributed by atoms with Gasteiger partial charge in [0.15, 0.2) is 0 Å². The van der Waals surface area contributed by atoms with Crippen molar-refractivity contribution in [3.63, 3.8) is 0 Å². The van der Waals surface area contributed by atoms with Crippen LogP contribution in [0.1, 0.15) is 24.0 Å². The average molecular weight is 292 g/mol. The maximum atomic E-state index is 4.26. The zero-order valence-electron chi connectivity index (χ0n) is 12.3. The Bertz CT molecular complexity index is 766. The molecular formula is C16H16N6. The molecule has 3 heterocycles. The molecule has 1 aliphatic rings. The zero-order chi connectivity index (χ0) is 14.9. The van der Waals surface area contributed by atoms with E-state index in [4.69, 9.17) is 0 Å². The molecule has 0 radical (unpaired) electrons. The second kappa shape index (κ2) is 5.22. The van der Waals surface area contributed by atoms with E-state index in [1.165, 1.54) is 16.8 Å². The van der Waals surface area contributed by atoms with Crippen LogP contribution >= 0.6 is 0 Å². The van der Waals surface area contributed by atoms with Crippen molar-refractivity contribution in [2.24, 2.45) is 0 Å². The van der Waals surface area contributed by atoms with E-state index in [0.717, 1.165) is 18.7 Å². The van der Waals surface area contributed by atoms with Gasteiger partial charge in [-0.05, 0) is 22.4 Å². The quantitative estimate of drug-likeness (QED) is 0.802. The molecule has 0 aliphatic carbocycles. The van der Waals surface area contributed by atoms with Gasteiger partial charge in [-0.2, -0.15) is 5.21 Å². The third-order valence-electron chi connectivity index (χ3n) is 4.13. The van der Waals surface area contributed by atoms with Gasteiger partial charge in [0, 0.05) is 30.8 Å². The van der Waals surface area contributed by atoms with Gasteiger partial charge in [-0.25, -0.2) is 0 Å². The summed E-state index contributed by atoms with van der Waals surface area (Å²) in [4.78, 5) is 6.65. The topological polar surface area (TPSA) is 70.6 Å². The van der Waals surface area contributed by atoms with Gasteiger partial charge in [0.2, 0.25) is 5.82 Å². The summed E-state index contributed by atoms with van der Waals surface area (Å²) < 4.78 is 0. The molecule has 2 aromatic heterocycles. The Hall–Kier alpha value is -2.76. The summed E-state index contributed by atoms with van der Waals surface area (Å²) in [5, 5.41) is 14.0. The van der Waals surface area contributed by atoms with Gasteiger partial charge < -0.3 is 4.90 Å². The number of hydrogen-bond donors (Lipinski definition) is 1. The van der Waals surface area contributed by atoms with Crippen LogP contribution in [0.25, 0.3) is 11.4 Å². The normalized spacial score (nSPS) is 16.8. The third-order valence-corrected chi connectivity index (χ3v) is 4.13. The largest absolute Gasteiger partial charge is 0.365 e. The second-order valence-corrected chi connectivity index (χ2v) is 5.65. The Morgan fingerprint density at radius 1 is 1.23 bits per heavy atom. The van der Waals surface area contributed by atoms with Crippen LogP contribution in [-0.2, 0) is 6.54 Å². The molecule has 4 rings (SSSR count). The summed E-state index contributed by atoms with van der Waals surface area (Å²) in [5.74, 6) is 1.17. The lowest BCUT2D eigenvalue weighted by Crippen LogP contribution is -2.20. The number of nitrogens with zero attached hydrogens (tertiary/aromatic N) is 5. The van der Waals surface area contributed by atoms with Crippen LogP contribution in [0.2, 0.25) is 0 Å². The summed E-state index contributed by atoms with van der Waals surface area (Å²) in [5.41, 5.74) is 4.86. The van der Waals surface area contributed by atoms with Gasteiger partial charge in [0.25, 0.3) is 0 Å². The minimum atomic E-state index is 0.552. The lowest BCUT2D eigenvalue weighted by molar-refractivity contribution is 0.746. The average Bonchev–Trinajstić information content (AvgIpc) is 3.18. The summed E-state index contributed by atoms with van der Waals surface area (Å²) in [6.45, 7) is 4.18. The minimum Gasteiger partial charge on any atom is -0.365 e. The van der Waals surface area contributed by atoms with Gasteiger partial charge in [-0.3, -0.25) is 4.98 Å². The fourth-order valence-corrected chi connectivity index (χ4v) is 3.02. The van der Waals surface area contributed by atoms with E-state index in [1.807, 2.05) is 24.5 Å². The summed E-state index contributed by atoms with van der Waals surface area (Å²) in [7, 11) is 0. The van der Waals surface area contributed by atoms with Crippen LogP contribution in [-0.4, -0.2) is 32.2 Å². The van der Waals surface area contributed by atoms with Crippen molar-refractivity contribution in [1.29, 1.82) is 0 Å². The molecule has 0 saturated carbocycles. The number of aromatic nitrogens is 5. The number of nitrogens with one attached hydrogen (secondary N) is 1. The SMILES string of the molecule is CC1CN(Cc2ccc(-c3nn[nH]n3)cc2)c2cnccc21. The molecule has 0 saturated heterocycles. The van der Waals surface area contributed by atoms with Crippen LogP contribution in [0.15, 0.2) is 42.7 Å². The molecule has 6 heteroatoms. The minimum absolute atomic E-state index is 0.552. The Morgan fingerprint density at radius 2 is 2.09 bits per heavy atom. The standard InChI is InChI=1S/C16H16N6/c1-11-9-22(15-8-17-7-6-14(11)15)10-12-2-4-13(5-3-12)16-18-20-21-19-16/h2-8,11H,9-10H2,1H3,(H,18,19,20,21). The first-order valence-corrected chi connectivity index (χ1v) is 7.33. The Balaban J connectivity index is 1.55. The van der Waals surface area contributed by atoms with Crippen LogP contribution < -0.4 is 4.90 Å². The van der Waals surface area contributed by atoms with E-state index in [2.05, 4.69) is 55.6 Å². The zero-order valence-corrected chi connectivity index (χ0v) is 12.3. The molecule has 1 N–H and O–H groups in total. The molecule has 1 atom stereocenters. The molecule has 0 bridgehead atoms. The number of rotatable bonds is 3. The van der Waals surface area contributed by atoms with E-state index in [-0.39, 0.29) is 0 Å². The van der Waals surface area contributed by atoms with Gasteiger partial charge in [0.05, 0.1) is 11.9 Å². The monoisotopic (exact) mass is 292 g/mol. The molecule has 22 heavy (non-hydrogen) atoms. The molecule has 1 unspecified atom stereocenters. The van der Waals surface area contributed by atoms with Crippen LogP contribution in [0, 0.1) is 0 Å². The highest BCUT2D eigenvalue weighted by atomic mass is 15.5. The first-order chi connectivity index (χ1) is 10.8. The van der Waals surface area contributed by atoms with Gasteiger partial charge in [-0.15, -0.1) is 10.2 Å². The maximum absolute atomic E-state index is 4.26. The number of pyridine rings is 1. The number of hydrogen-bond acceptors (Lipinski definition) is 5. The van der Waals surface area contributed by atoms with Crippen molar-refractivity contribution in [2.75, 3.05) is 11.4 Å². The number of fused-ring (bicyclic) bond motifs is 1. The van der Waals surface area contributed by atoms with E-state index in [0.29, 0.717) is 11.7 Å². The molecule has 0 amide bonds. The van der Waals surface area contributed by atoms with Crippen molar-refractivity contribution in [3.05, 3.63) is 53.9 Å². The van der Waals surface area contributed by atoms with Gasteiger partial charge in [-0.1, -0.05) is 31.2 Å². The number of benzene rings is 1. The number of H-pyrrole nitrogens is 1. The lowest BCUT2D eigenvalue weighted by atomic mass is 10.1. The lowest BCUT2D eigenvalue weighted by Gasteiger charge is -2.19. The Labute approximate surface area is 128 Å². The van der Waals surface area contributed by atoms with Crippen molar-refractivity contribution in [2.45, 2.75) is 19.4 Å². The summed E-state index contributed by atoms with van der Waals surface area (Å²) in [6, 6.07) is 10.4. The molecule has 0 fully saturated rings. The fourth-order valence-electron chi connectivity index (χ4n) is 3.02. The summed E-state index contributed by atoms with van der Waals surface area (Å²) >= 11 is 0. The second-order valence-electron chi connectivity index (χ2n) is 5.65. The molecule has 1 aromatic carbocycles. The first kappa shape index (κ1) is 12.9. The highest BCUT2D eigenvalue weighted by Crippen LogP contribution is 2.35. The molecule has 0 spiro atoms. The van der Waals surface area contributed by atoms with E-state index < -0.39 is 0 Å². The fraction of sp³-hybridized carbons (Fsp3) is 0.250. The molecule has 6 nitrogen and oxygen atoms in total. The molecule has 3 aromatic rings. The first-order valence-electron chi connectivity index (χ1n) is 7.33. The Morgan fingerprint density at radius 3 is 2.86 bits per heavy atom. The van der Waals surface area contributed by atoms with Crippen LogP contribution in [0.5, 0.6) is 0 Å². The predicted octanol–water partition coefficient (Wildman–Crippen LogP) is 2.39. The summed E-state index contributed by atoms with van der Waals surface area (Å²) in [6.07, 6.45) is 3.84. The van der Waals surface area contributed by atoms with E-state index in [9.17, 15) is 0 Å². The van der Waals surface area contributed by atoms with Crippen molar-refractivity contribution >= 4 is 5.69 Å². The van der Waals surface area contributed by atoms with Crippen molar-refractivity contribution in [1.82, 2.24) is 25.6 Å². The highest BCUT2D eigenvalue weighted by molar-refractivity contribution is 5.59. The molecular weight excluding hydrogens is 276 g/mol. The maximum Gasteiger partial charge on any atom is 0.204 e. The number of aromatic amines is 1. The van der Waals surface area contributed by atoms with Crippen molar-refractivity contribution in [3.8, 4) is 11.4 Å². The highest BCUT2D eigenvalue weighted by Gasteiger charge is 2.25. The van der Waals surface area contributed by atoms with Gasteiger partial charge in [0.1, 0.15) is 0 Å². The van der Waals surface area contributed by atoms with Gasteiger partial charge >= 0.3 is 0 Å². The Kier molecular flexibility index (Phi) is 3.07. The smallest absolute Gasteiger partial charge is 0.204 e. The van der Waals surface area contributed by atoms with E-state index >= 15 is 0 Å². The predicted molar refractivity (Wildman–Crippen MR) is 83.3 cm³/mol. The van der Waals surface area contributed by atoms with Crippen LogP contribution in [0.4, 0.5) is 5.69 Å². The van der Waals surface area contributed by atoms with Crippen molar-refractivity contribution < 1.29 is 0 Å². The molecule has 110 valence electrons. The number of tetrazole rings is 1. The van der Waals surface area contributed by atoms with E-state index in [1.54, 1.807) is 0 Å².